The average molecular weight is 941 g/mol. The van der Waals surface area contributed by atoms with Gasteiger partial charge >= 0.3 is 0 Å². The first-order valence-corrected chi connectivity index (χ1v) is 23.6. The van der Waals surface area contributed by atoms with Crippen molar-refractivity contribution in [2.24, 2.45) is 16.2 Å². The number of unbranched alkanes of at least 4 members (excludes halogenated alkanes) is 1. The molecule has 1 aromatic heterocycles. The normalized spacial score (nSPS) is 20.0. The fourth-order valence-corrected chi connectivity index (χ4v) is 10.4. The molecule has 0 bridgehead atoms. The van der Waals surface area contributed by atoms with Crippen molar-refractivity contribution in [1.82, 2.24) is 20.9 Å². The summed E-state index contributed by atoms with van der Waals surface area (Å²) in [7, 11) is 0. The predicted octanol–water partition coefficient (Wildman–Crippen LogP) is 7.85. The SMILES string of the molecule is Cc1ccsc1-c1ccc(CNC(=O)[C@@H]2C[C@@H](O)CN2C(=O)[C@@H](NC(=O)COCCCCOc2ccc(C(=O)NC3C(C)(C)C(Oc4ccc(C#N)c(Cl)c4)C3(C)C)cc2)C(C)(C)C)cc1. The quantitative estimate of drug-likeness (QED) is 0.0724. The van der Waals surface area contributed by atoms with Crippen LogP contribution in [0.2, 0.25) is 5.02 Å². The summed E-state index contributed by atoms with van der Waals surface area (Å²) >= 11 is 7.91. The Morgan fingerprint density at radius 3 is 2.24 bits per heavy atom. The second-order valence-electron chi connectivity index (χ2n) is 19.5. The molecular formula is C51H62ClN5O8S. The maximum Gasteiger partial charge on any atom is 0.251 e. The van der Waals surface area contributed by atoms with Crippen LogP contribution in [-0.4, -0.2) is 90.3 Å². The summed E-state index contributed by atoms with van der Waals surface area (Å²) < 4.78 is 17.9. The molecule has 3 aromatic carbocycles. The van der Waals surface area contributed by atoms with Crippen LogP contribution in [0.4, 0.5) is 0 Å². The number of hydrogen-bond donors (Lipinski definition) is 4. The molecule has 1 saturated heterocycles. The van der Waals surface area contributed by atoms with E-state index < -0.39 is 46.2 Å². The van der Waals surface area contributed by atoms with Crippen molar-refractivity contribution in [3.05, 3.63) is 105 Å². The molecule has 2 fully saturated rings. The Morgan fingerprint density at radius 2 is 1.62 bits per heavy atom. The molecule has 352 valence electrons. The smallest absolute Gasteiger partial charge is 0.251 e. The number of β-amino-alcohol motifs (C(OH)–C–C–N with tert-alkyl or cyclic N) is 1. The number of aliphatic hydroxyl groups excluding tert-OH is 1. The Morgan fingerprint density at radius 1 is 0.955 bits per heavy atom. The maximum absolute atomic E-state index is 14.0. The number of aliphatic hydroxyl groups is 1. The van der Waals surface area contributed by atoms with Gasteiger partial charge in [-0.25, -0.2) is 0 Å². The molecule has 4 N–H and O–H groups in total. The lowest BCUT2D eigenvalue weighted by atomic mass is 9.49. The van der Waals surface area contributed by atoms with E-state index in [1.54, 1.807) is 53.8 Å². The van der Waals surface area contributed by atoms with Gasteiger partial charge in [-0.1, -0.05) is 84.3 Å². The van der Waals surface area contributed by atoms with Gasteiger partial charge in [0.1, 0.15) is 42.4 Å². The molecule has 1 saturated carbocycles. The van der Waals surface area contributed by atoms with Crippen LogP contribution in [0.5, 0.6) is 11.5 Å². The summed E-state index contributed by atoms with van der Waals surface area (Å²) in [6, 6.07) is 22.1. The van der Waals surface area contributed by atoms with E-state index >= 15 is 0 Å². The Kier molecular flexibility index (Phi) is 15.9. The number of ether oxygens (including phenoxy) is 3. The molecule has 1 aliphatic carbocycles. The van der Waals surface area contributed by atoms with E-state index in [2.05, 4.69) is 68.1 Å². The van der Waals surface area contributed by atoms with Crippen molar-refractivity contribution in [2.75, 3.05) is 26.4 Å². The summed E-state index contributed by atoms with van der Waals surface area (Å²) in [6.45, 7) is 16.5. The van der Waals surface area contributed by atoms with Gasteiger partial charge in [-0.3, -0.25) is 19.2 Å². The minimum atomic E-state index is -0.960. The molecule has 6 rings (SSSR count). The standard InChI is InChI=1S/C51H62ClN5O8S/c1-31-21-24-66-42(31)33-13-11-32(12-14-33)28-54-45(61)40-25-36(58)29-57(40)46(62)43(49(2,3)4)55-41(59)30-63-22-9-10-23-64-37-18-15-34(16-19-37)44(60)56-47-50(5,6)48(51(47,7)8)65-38-20-17-35(27-53)39(52)26-38/h11-21,24,26,36,40,43,47-48,58H,9-10,22-23,25,28-30H2,1-8H3,(H,54,61)(H,55,59)(H,56,60)/t36-,40+,43-,47?,48?/m1/s1. The van der Waals surface area contributed by atoms with Crippen LogP contribution >= 0.6 is 22.9 Å². The molecular weight excluding hydrogens is 878 g/mol. The topological polar surface area (TPSA) is 179 Å². The highest BCUT2D eigenvalue weighted by molar-refractivity contribution is 7.13. The number of benzene rings is 3. The zero-order chi connectivity index (χ0) is 48.0. The lowest BCUT2D eigenvalue weighted by Crippen LogP contribution is -2.74. The third-order valence-corrected chi connectivity index (χ3v) is 13.9. The second kappa shape index (κ2) is 21.0. The summed E-state index contributed by atoms with van der Waals surface area (Å²) in [4.78, 5) is 56.4. The van der Waals surface area contributed by atoms with Crippen LogP contribution < -0.4 is 25.4 Å². The highest BCUT2D eigenvalue weighted by Gasteiger charge is 2.64. The van der Waals surface area contributed by atoms with Crippen molar-refractivity contribution in [2.45, 2.75) is 112 Å². The van der Waals surface area contributed by atoms with Gasteiger partial charge in [-0.15, -0.1) is 11.3 Å². The third-order valence-electron chi connectivity index (χ3n) is 12.6. The number of aryl methyl sites for hydroxylation is 1. The number of carbonyl (C=O) groups excluding carboxylic acids is 4. The molecule has 4 amide bonds. The summed E-state index contributed by atoms with van der Waals surface area (Å²) in [5.41, 5.74) is 2.62. The number of nitrogens with zero attached hydrogens (tertiary/aromatic N) is 2. The van der Waals surface area contributed by atoms with Crippen molar-refractivity contribution in [3.8, 4) is 28.0 Å². The Balaban J connectivity index is 0.896. The minimum Gasteiger partial charge on any atom is -0.494 e. The van der Waals surface area contributed by atoms with Crippen molar-refractivity contribution >= 4 is 46.6 Å². The van der Waals surface area contributed by atoms with E-state index in [1.165, 1.54) is 15.3 Å². The summed E-state index contributed by atoms with van der Waals surface area (Å²) in [5, 5.41) is 31.1. The number of likely N-dealkylation sites (tertiary alicyclic amines) is 1. The number of nitriles is 1. The van der Waals surface area contributed by atoms with Gasteiger partial charge in [0, 0.05) is 59.5 Å². The van der Waals surface area contributed by atoms with E-state index in [9.17, 15) is 29.5 Å². The van der Waals surface area contributed by atoms with E-state index in [4.69, 9.17) is 25.8 Å². The Bertz CT molecular complexity index is 2390. The fourth-order valence-electron chi connectivity index (χ4n) is 9.25. The van der Waals surface area contributed by atoms with E-state index in [1.807, 2.05) is 45.0 Å². The lowest BCUT2D eigenvalue weighted by Gasteiger charge is -2.63. The van der Waals surface area contributed by atoms with E-state index in [0.29, 0.717) is 53.7 Å². The van der Waals surface area contributed by atoms with Gasteiger partial charge in [0.05, 0.1) is 23.3 Å². The molecule has 13 nitrogen and oxygen atoms in total. The molecule has 0 unspecified atom stereocenters. The first-order valence-electron chi connectivity index (χ1n) is 22.4. The van der Waals surface area contributed by atoms with Crippen molar-refractivity contribution in [1.29, 1.82) is 5.26 Å². The molecule has 4 aromatic rings. The van der Waals surface area contributed by atoms with Crippen molar-refractivity contribution in [3.63, 3.8) is 0 Å². The van der Waals surface area contributed by atoms with Gasteiger partial charge in [-0.2, -0.15) is 5.26 Å². The number of thiophene rings is 1. The zero-order valence-corrected chi connectivity index (χ0v) is 40.6. The number of nitrogens with one attached hydrogen (secondary N) is 3. The van der Waals surface area contributed by atoms with Gasteiger partial charge in [0.2, 0.25) is 17.7 Å². The molecule has 2 heterocycles. The summed E-state index contributed by atoms with van der Waals surface area (Å²) in [6.07, 6.45) is 0.280. The summed E-state index contributed by atoms with van der Waals surface area (Å²) in [5.74, 6) is -0.282. The molecule has 0 spiro atoms. The number of hydrogen-bond acceptors (Lipinski definition) is 10. The second-order valence-corrected chi connectivity index (χ2v) is 20.9. The largest absolute Gasteiger partial charge is 0.494 e. The van der Waals surface area contributed by atoms with Crippen LogP contribution in [0.25, 0.3) is 10.4 Å². The maximum atomic E-state index is 14.0. The van der Waals surface area contributed by atoms with Crippen LogP contribution in [0.15, 0.2) is 78.2 Å². The van der Waals surface area contributed by atoms with E-state index in [-0.39, 0.29) is 50.1 Å². The first kappa shape index (κ1) is 50.0. The third kappa shape index (κ3) is 11.7. The molecule has 1 aliphatic heterocycles. The van der Waals surface area contributed by atoms with Gasteiger partial charge < -0.3 is 40.2 Å². The van der Waals surface area contributed by atoms with Crippen LogP contribution in [0, 0.1) is 34.5 Å². The highest BCUT2D eigenvalue weighted by Crippen LogP contribution is 2.55. The van der Waals surface area contributed by atoms with Crippen LogP contribution in [0.1, 0.15) is 94.8 Å². The Labute approximate surface area is 397 Å². The molecule has 3 atom stereocenters. The highest BCUT2D eigenvalue weighted by atomic mass is 35.5. The van der Waals surface area contributed by atoms with E-state index in [0.717, 1.165) is 11.1 Å². The van der Waals surface area contributed by atoms with Gasteiger partial charge in [0.15, 0.2) is 0 Å². The molecule has 15 heteroatoms. The fraction of sp³-hybridized carbons (Fsp3) is 0.471. The lowest BCUT2D eigenvalue weighted by molar-refractivity contribution is -0.164. The average Bonchev–Trinajstić information content (AvgIpc) is 3.89. The van der Waals surface area contributed by atoms with Gasteiger partial charge in [0.25, 0.3) is 5.91 Å². The zero-order valence-electron chi connectivity index (χ0n) is 39.0. The number of carbonyl (C=O) groups is 4. The van der Waals surface area contributed by atoms with Crippen LogP contribution in [-0.2, 0) is 25.7 Å². The molecule has 2 aliphatic rings. The molecule has 66 heavy (non-hydrogen) atoms. The number of rotatable bonds is 18. The first-order chi connectivity index (χ1) is 31.2. The molecule has 0 radical (unpaired) electrons. The number of halogens is 1. The van der Waals surface area contributed by atoms with Gasteiger partial charge in [-0.05, 0) is 89.7 Å². The predicted molar refractivity (Wildman–Crippen MR) is 255 cm³/mol. The minimum absolute atomic E-state index is 0.0131. The number of amides is 4. The van der Waals surface area contributed by atoms with Crippen molar-refractivity contribution < 1.29 is 38.5 Å². The van der Waals surface area contributed by atoms with Crippen LogP contribution in [0.3, 0.4) is 0 Å². The Hall–Kier alpha value is -5.46. The monoisotopic (exact) mass is 939 g/mol.